The topological polar surface area (TPSA) is 53.6 Å². The van der Waals surface area contributed by atoms with E-state index in [1.807, 2.05) is 27.8 Å². The third-order valence-corrected chi connectivity index (χ3v) is 2.61. The Kier molecular flexibility index (Phi) is 4.07. The Balaban J connectivity index is 2.59. The molecular formula is C10H18BrN3O2. The monoisotopic (exact) mass is 291 g/mol. The molecule has 0 unspecified atom stereocenters. The van der Waals surface area contributed by atoms with Crippen LogP contribution in [0, 0.1) is 0 Å². The molecule has 0 aromatic rings. The number of likely N-dealkylation sites (N-methyl/N-ethyl adjacent to an activating group) is 1. The van der Waals surface area contributed by atoms with Crippen molar-refractivity contribution in [1.82, 2.24) is 14.6 Å². The summed E-state index contributed by atoms with van der Waals surface area (Å²) in [5.41, 5.74) is 1.48. The fourth-order valence-electron chi connectivity index (χ4n) is 1.40. The lowest BCUT2D eigenvalue weighted by atomic mass is 10.2. The van der Waals surface area contributed by atoms with E-state index in [2.05, 4.69) is 25.8 Å². The Labute approximate surface area is 105 Å². The van der Waals surface area contributed by atoms with Crippen LogP contribution < -0.4 is 9.66 Å². The van der Waals surface area contributed by atoms with Gasteiger partial charge in [-0.2, -0.15) is 0 Å². The van der Waals surface area contributed by atoms with Crippen LogP contribution in [-0.2, 0) is 4.74 Å². The van der Waals surface area contributed by atoms with Crippen LogP contribution in [0.3, 0.4) is 0 Å². The highest BCUT2D eigenvalue weighted by molar-refractivity contribution is 9.08. The normalized spacial score (nSPS) is 16.4. The lowest BCUT2D eigenvalue weighted by Gasteiger charge is -2.24. The molecule has 1 heterocycles. The Bertz CT molecular complexity index is 294. The second kappa shape index (κ2) is 4.95. The summed E-state index contributed by atoms with van der Waals surface area (Å²) in [5, 5.41) is 3.05. The molecule has 1 aliphatic rings. The van der Waals surface area contributed by atoms with Crippen LogP contribution in [0.15, 0.2) is 11.4 Å². The second-order valence-corrected chi connectivity index (χ2v) is 5.03. The third kappa shape index (κ3) is 3.30. The maximum absolute atomic E-state index is 11.8. The Morgan fingerprint density at radius 3 is 2.31 bits per heavy atom. The number of amides is 1. The van der Waals surface area contributed by atoms with Crippen molar-refractivity contribution < 1.29 is 9.53 Å². The molecule has 0 radical (unpaired) electrons. The molecule has 92 valence electrons. The number of halogens is 1. The van der Waals surface area contributed by atoms with E-state index in [4.69, 9.17) is 4.74 Å². The van der Waals surface area contributed by atoms with Crippen molar-refractivity contribution >= 4 is 22.2 Å². The maximum atomic E-state index is 11.8. The fraction of sp³-hybridized carbons (Fsp3) is 0.700. The number of carbonyl (C=O) groups excluding carboxylic acids is 1. The van der Waals surface area contributed by atoms with E-state index >= 15 is 0 Å². The molecule has 0 atom stereocenters. The van der Waals surface area contributed by atoms with Crippen molar-refractivity contribution in [3.63, 3.8) is 0 Å². The molecule has 0 aromatic carbocycles. The summed E-state index contributed by atoms with van der Waals surface area (Å²) in [6.45, 7) is 6.64. The largest absolute Gasteiger partial charge is 0.444 e. The van der Waals surface area contributed by atoms with E-state index in [1.54, 1.807) is 4.90 Å². The Hall–Kier alpha value is -0.910. The van der Waals surface area contributed by atoms with Crippen LogP contribution in [0.25, 0.3) is 0 Å². The molecule has 0 bridgehead atoms. The molecule has 0 saturated carbocycles. The number of rotatable bonds is 2. The molecule has 5 nitrogen and oxygen atoms in total. The number of nitrogens with zero attached hydrogens (tertiary/aromatic N) is 1. The third-order valence-electron chi connectivity index (χ3n) is 2.13. The molecule has 2 N–H and O–H groups in total. The van der Waals surface area contributed by atoms with Crippen LogP contribution in [0.1, 0.15) is 20.8 Å². The smallest absolute Gasteiger partial charge is 0.410 e. The zero-order valence-corrected chi connectivity index (χ0v) is 11.6. The average molecular weight is 292 g/mol. The van der Waals surface area contributed by atoms with Gasteiger partial charge in [0.15, 0.2) is 0 Å². The van der Waals surface area contributed by atoms with E-state index < -0.39 is 5.60 Å². The van der Waals surface area contributed by atoms with Crippen molar-refractivity contribution in [2.24, 2.45) is 0 Å². The number of hydrogen-bond donors (Lipinski definition) is 2. The van der Waals surface area contributed by atoms with Gasteiger partial charge in [-0.05, 0) is 20.8 Å². The number of carbonyl (C=O) groups is 1. The van der Waals surface area contributed by atoms with Crippen LogP contribution in [0.5, 0.6) is 0 Å². The molecule has 1 rings (SSSR count). The first-order valence-corrected chi connectivity index (χ1v) is 5.91. The van der Waals surface area contributed by atoms with Crippen LogP contribution in [0.4, 0.5) is 4.79 Å². The molecule has 0 aromatic heterocycles. The highest BCUT2D eigenvalue weighted by atomic mass is 79.9. The summed E-state index contributed by atoms with van der Waals surface area (Å²) in [4.78, 5) is 13.4. The van der Waals surface area contributed by atoms with E-state index in [-0.39, 0.29) is 6.09 Å². The summed E-state index contributed by atoms with van der Waals surface area (Å²) in [7, 11) is 1.83. The zero-order chi connectivity index (χ0) is 12.3. The number of nitrogens with one attached hydrogen (secondary N) is 2. The molecule has 0 saturated heterocycles. The number of hydrogen-bond acceptors (Lipinski definition) is 4. The minimum atomic E-state index is -0.457. The van der Waals surface area contributed by atoms with Crippen molar-refractivity contribution in [2.75, 3.05) is 20.1 Å². The van der Waals surface area contributed by atoms with Crippen LogP contribution >= 0.6 is 16.1 Å². The minimum Gasteiger partial charge on any atom is -0.444 e. The standard InChI is InChI=1S/C10H18BrN3O2/c1-10(2,3)16-9(15)14-5-7(12-4)8(6-14)13-11/h12-13H,5-6H2,1-4H3. The molecule has 1 aliphatic heterocycles. The highest BCUT2D eigenvalue weighted by Gasteiger charge is 2.28. The van der Waals surface area contributed by atoms with E-state index in [1.165, 1.54) is 0 Å². The van der Waals surface area contributed by atoms with Gasteiger partial charge in [-0.3, -0.25) is 4.90 Å². The van der Waals surface area contributed by atoms with Gasteiger partial charge in [-0.1, -0.05) is 0 Å². The quantitative estimate of drug-likeness (QED) is 0.759. The van der Waals surface area contributed by atoms with E-state index in [9.17, 15) is 4.79 Å². The van der Waals surface area contributed by atoms with Gasteiger partial charge < -0.3 is 14.4 Å². The first kappa shape index (κ1) is 13.2. The highest BCUT2D eigenvalue weighted by Crippen LogP contribution is 2.17. The first-order chi connectivity index (χ1) is 7.37. The van der Waals surface area contributed by atoms with Gasteiger partial charge in [0.2, 0.25) is 0 Å². The zero-order valence-electron chi connectivity index (χ0n) is 10.1. The summed E-state index contributed by atoms with van der Waals surface area (Å²) in [5.74, 6) is 0. The minimum absolute atomic E-state index is 0.294. The van der Waals surface area contributed by atoms with Crippen LogP contribution in [-0.4, -0.2) is 36.7 Å². The van der Waals surface area contributed by atoms with Gasteiger partial charge in [0.05, 0.1) is 24.5 Å². The fourth-order valence-corrected chi connectivity index (χ4v) is 1.77. The van der Waals surface area contributed by atoms with Gasteiger partial charge in [-0.25, -0.2) is 4.79 Å². The van der Waals surface area contributed by atoms with Gasteiger partial charge >= 0.3 is 6.09 Å². The SMILES string of the molecule is CNC1=C(NBr)CN(C(=O)OC(C)(C)C)C1. The van der Waals surface area contributed by atoms with Crippen LogP contribution in [0.2, 0.25) is 0 Å². The summed E-state index contributed by atoms with van der Waals surface area (Å²) in [6.07, 6.45) is -0.294. The second-order valence-electron chi connectivity index (χ2n) is 4.64. The first-order valence-electron chi connectivity index (χ1n) is 5.11. The lowest BCUT2D eigenvalue weighted by molar-refractivity contribution is 0.0297. The maximum Gasteiger partial charge on any atom is 0.410 e. The van der Waals surface area contributed by atoms with E-state index in [0.717, 1.165) is 11.4 Å². The predicted molar refractivity (Wildman–Crippen MR) is 66.0 cm³/mol. The molecule has 6 heteroatoms. The van der Waals surface area contributed by atoms with Gasteiger partial charge in [0.25, 0.3) is 0 Å². The Morgan fingerprint density at radius 2 is 1.94 bits per heavy atom. The van der Waals surface area contributed by atoms with E-state index in [0.29, 0.717) is 13.1 Å². The van der Waals surface area contributed by atoms with Crippen molar-refractivity contribution in [1.29, 1.82) is 0 Å². The summed E-state index contributed by atoms with van der Waals surface area (Å²) in [6, 6.07) is 0. The summed E-state index contributed by atoms with van der Waals surface area (Å²) >= 11 is 3.17. The van der Waals surface area contributed by atoms with Crippen molar-refractivity contribution in [2.45, 2.75) is 26.4 Å². The van der Waals surface area contributed by atoms with Crippen molar-refractivity contribution in [3.8, 4) is 0 Å². The molecule has 0 spiro atoms. The lowest BCUT2D eigenvalue weighted by Crippen LogP contribution is -2.36. The predicted octanol–water partition coefficient (Wildman–Crippen LogP) is 1.57. The molecular weight excluding hydrogens is 274 g/mol. The molecule has 0 fully saturated rings. The summed E-state index contributed by atoms with van der Waals surface area (Å²) < 4.78 is 8.19. The number of ether oxygens (including phenoxy) is 1. The average Bonchev–Trinajstić information content (AvgIpc) is 2.57. The molecule has 0 aliphatic carbocycles. The van der Waals surface area contributed by atoms with Crippen molar-refractivity contribution in [3.05, 3.63) is 11.4 Å². The molecule has 16 heavy (non-hydrogen) atoms. The van der Waals surface area contributed by atoms with Gasteiger partial charge in [-0.15, -0.1) is 0 Å². The van der Waals surface area contributed by atoms with Gasteiger partial charge in [0.1, 0.15) is 5.60 Å². The molecule has 1 amide bonds. The Morgan fingerprint density at radius 1 is 1.38 bits per heavy atom. The van der Waals surface area contributed by atoms with Gasteiger partial charge in [0, 0.05) is 23.2 Å².